The second kappa shape index (κ2) is 4.60. The zero-order chi connectivity index (χ0) is 9.68. The fourth-order valence-corrected chi connectivity index (χ4v) is 1.02. The molecule has 0 saturated carbocycles. The number of benzene rings is 1. The van der Waals surface area contributed by atoms with Gasteiger partial charge in [0.1, 0.15) is 0 Å². The Morgan fingerprint density at radius 3 is 2.69 bits per heavy atom. The number of nitrogens with two attached hydrogens (primary N) is 1. The molecule has 0 aliphatic heterocycles. The van der Waals surface area contributed by atoms with Gasteiger partial charge in [0.25, 0.3) is 0 Å². The summed E-state index contributed by atoms with van der Waals surface area (Å²) in [6, 6.07) is 5.37. The lowest BCUT2D eigenvalue weighted by atomic mass is 10.3. The summed E-state index contributed by atoms with van der Waals surface area (Å²) in [4.78, 5) is 0. The van der Waals surface area contributed by atoms with Crippen LogP contribution in [0.2, 0.25) is 0 Å². The van der Waals surface area contributed by atoms with Crippen molar-refractivity contribution in [1.82, 2.24) is 0 Å². The zero-order valence-electron chi connectivity index (χ0n) is 8.04. The van der Waals surface area contributed by atoms with Gasteiger partial charge in [-0.25, -0.2) is 0 Å². The third-order valence-electron chi connectivity index (χ3n) is 1.65. The highest BCUT2D eigenvalue weighted by Gasteiger charge is 2.03. The summed E-state index contributed by atoms with van der Waals surface area (Å²) in [5.41, 5.74) is 6.31. The van der Waals surface area contributed by atoms with E-state index in [-0.39, 0.29) is 0 Å². The molecule has 2 N–H and O–H groups in total. The number of methoxy groups -OCH3 is 1. The third kappa shape index (κ3) is 2.54. The van der Waals surface area contributed by atoms with Gasteiger partial charge in [-0.3, -0.25) is 0 Å². The normalized spacial score (nSPS) is 9.69. The SMILES string of the molecule is CCCOc1cc(N)ccc1OC. The molecule has 3 nitrogen and oxygen atoms in total. The fraction of sp³-hybridized carbons (Fsp3) is 0.400. The van der Waals surface area contributed by atoms with Crippen LogP contribution < -0.4 is 15.2 Å². The molecule has 0 heterocycles. The van der Waals surface area contributed by atoms with Crippen LogP contribution in [0.25, 0.3) is 0 Å². The molecule has 3 heteroatoms. The molecule has 0 radical (unpaired) electrons. The minimum atomic E-state index is 0.680. The van der Waals surface area contributed by atoms with E-state index >= 15 is 0 Å². The lowest BCUT2D eigenvalue weighted by Crippen LogP contribution is -1.98. The van der Waals surface area contributed by atoms with Crippen molar-refractivity contribution in [1.29, 1.82) is 0 Å². The molecule has 0 bridgehead atoms. The van der Waals surface area contributed by atoms with Gasteiger partial charge in [-0.15, -0.1) is 0 Å². The minimum Gasteiger partial charge on any atom is -0.493 e. The molecule has 0 spiro atoms. The lowest BCUT2D eigenvalue weighted by molar-refractivity contribution is 0.294. The summed E-state index contributed by atoms with van der Waals surface area (Å²) in [5, 5.41) is 0. The van der Waals surface area contributed by atoms with Crippen molar-refractivity contribution in [2.75, 3.05) is 19.5 Å². The summed E-state index contributed by atoms with van der Waals surface area (Å²) in [7, 11) is 1.62. The van der Waals surface area contributed by atoms with E-state index in [0.717, 1.165) is 12.2 Å². The van der Waals surface area contributed by atoms with Gasteiger partial charge in [0.2, 0.25) is 0 Å². The first-order valence-corrected chi connectivity index (χ1v) is 4.34. The first-order valence-electron chi connectivity index (χ1n) is 4.34. The Balaban J connectivity index is 2.81. The molecule has 0 aromatic heterocycles. The van der Waals surface area contributed by atoms with Crippen LogP contribution in [0.5, 0.6) is 11.5 Å². The number of ether oxygens (including phenoxy) is 2. The Kier molecular flexibility index (Phi) is 3.43. The largest absolute Gasteiger partial charge is 0.493 e. The fourth-order valence-electron chi connectivity index (χ4n) is 1.02. The summed E-state index contributed by atoms with van der Waals surface area (Å²) < 4.78 is 10.6. The van der Waals surface area contributed by atoms with Gasteiger partial charge in [0.05, 0.1) is 13.7 Å². The van der Waals surface area contributed by atoms with E-state index in [1.54, 1.807) is 25.3 Å². The van der Waals surface area contributed by atoms with E-state index < -0.39 is 0 Å². The second-order valence-electron chi connectivity index (χ2n) is 2.76. The van der Waals surface area contributed by atoms with Crippen molar-refractivity contribution < 1.29 is 9.47 Å². The molecule has 72 valence electrons. The van der Waals surface area contributed by atoms with Crippen molar-refractivity contribution in [2.45, 2.75) is 13.3 Å². The van der Waals surface area contributed by atoms with Gasteiger partial charge in [-0.05, 0) is 18.6 Å². The molecular weight excluding hydrogens is 166 g/mol. The molecule has 1 aromatic carbocycles. The predicted octanol–water partition coefficient (Wildman–Crippen LogP) is 2.07. The quantitative estimate of drug-likeness (QED) is 0.723. The Hall–Kier alpha value is -1.38. The molecule has 0 fully saturated rings. The van der Waals surface area contributed by atoms with Crippen molar-refractivity contribution in [2.24, 2.45) is 0 Å². The van der Waals surface area contributed by atoms with E-state index in [4.69, 9.17) is 15.2 Å². The maximum Gasteiger partial charge on any atom is 0.163 e. The third-order valence-corrected chi connectivity index (χ3v) is 1.65. The first-order chi connectivity index (χ1) is 6.27. The van der Waals surface area contributed by atoms with Gasteiger partial charge in [-0.2, -0.15) is 0 Å². The van der Waals surface area contributed by atoms with Crippen molar-refractivity contribution in [3.05, 3.63) is 18.2 Å². The Bertz CT molecular complexity index is 274. The standard InChI is InChI=1S/C10H15NO2/c1-3-6-13-10-7-8(11)4-5-9(10)12-2/h4-5,7H,3,6,11H2,1-2H3. The number of anilines is 1. The highest BCUT2D eigenvalue weighted by atomic mass is 16.5. The Labute approximate surface area is 78.5 Å². The van der Waals surface area contributed by atoms with Crippen LogP contribution in [0.1, 0.15) is 13.3 Å². The average Bonchev–Trinajstić information content (AvgIpc) is 2.15. The highest BCUT2D eigenvalue weighted by molar-refractivity contribution is 5.51. The summed E-state index contributed by atoms with van der Waals surface area (Å²) in [5.74, 6) is 1.44. The van der Waals surface area contributed by atoms with Crippen molar-refractivity contribution >= 4 is 5.69 Å². The van der Waals surface area contributed by atoms with Gasteiger partial charge in [-0.1, -0.05) is 6.92 Å². The summed E-state index contributed by atoms with van der Waals surface area (Å²) in [6.07, 6.45) is 0.970. The number of rotatable bonds is 4. The van der Waals surface area contributed by atoms with Gasteiger partial charge < -0.3 is 15.2 Å². The molecule has 0 aliphatic carbocycles. The van der Waals surface area contributed by atoms with E-state index in [1.807, 2.05) is 0 Å². The number of nitrogen functional groups attached to an aromatic ring is 1. The minimum absolute atomic E-state index is 0.680. The number of hydrogen-bond acceptors (Lipinski definition) is 3. The van der Waals surface area contributed by atoms with Gasteiger partial charge in [0.15, 0.2) is 11.5 Å². The van der Waals surface area contributed by atoms with Crippen molar-refractivity contribution in [3.63, 3.8) is 0 Å². The van der Waals surface area contributed by atoms with E-state index in [1.165, 1.54) is 0 Å². The van der Waals surface area contributed by atoms with E-state index in [9.17, 15) is 0 Å². The van der Waals surface area contributed by atoms with Crippen LogP contribution in [0.15, 0.2) is 18.2 Å². The van der Waals surface area contributed by atoms with Crippen LogP contribution in [0.3, 0.4) is 0 Å². The maximum atomic E-state index is 5.62. The van der Waals surface area contributed by atoms with Crippen LogP contribution in [-0.4, -0.2) is 13.7 Å². The van der Waals surface area contributed by atoms with Crippen LogP contribution in [-0.2, 0) is 0 Å². The molecule has 0 amide bonds. The van der Waals surface area contributed by atoms with Crippen molar-refractivity contribution in [3.8, 4) is 11.5 Å². The van der Waals surface area contributed by atoms with Gasteiger partial charge >= 0.3 is 0 Å². The van der Waals surface area contributed by atoms with Crippen LogP contribution in [0.4, 0.5) is 5.69 Å². The van der Waals surface area contributed by atoms with E-state index in [0.29, 0.717) is 18.0 Å². The van der Waals surface area contributed by atoms with E-state index in [2.05, 4.69) is 6.92 Å². The van der Waals surface area contributed by atoms with Gasteiger partial charge in [0, 0.05) is 11.8 Å². The monoisotopic (exact) mass is 181 g/mol. The zero-order valence-corrected chi connectivity index (χ0v) is 8.04. The molecule has 1 aromatic rings. The molecule has 13 heavy (non-hydrogen) atoms. The molecular formula is C10H15NO2. The molecule has 0 aliphatic rings. The summed E-state index contributed by atoms with van der Waals surface area (Å²) >= 11 is 0. The first kappa shape index (κ1) is 9.71. The molecule has 0 saturated heterocycles. The maximum absolute atomic E-state index is 5.62. The topological polar surface area (TPSA) is 44.5 Å². The summed E-state index contributed by atoms with van der Waals surface area (Å²) in [6.45, 7) is 2.73. The number of hydrogen-bond donors (Lipinski definition) is 1. The second-order valence-corrected chi connectivity index (χ2v) is 2.76. The predicted molar refractivity (Wildman–Crippen MR) is 53.2 cm³/mol. The lowest BCUT2D eigenvalue weighted by Gasteiger charge is -2.09. The molecule has 1 rings (SSSR count). The van der Waals surface area contributed by atoms with Crippen LogP contribution in [0, 0.1) is 0 Å². The Morgan fingerprint density at radius 1 is 1.31 bits per heavy atom. The van der Waals surface area contributed by atoms with Crippen LogP contribution >= 0.6 is 0 Å². The Morgan fingerprint density at radius 2 is 2.08 bits per heavy atom. The molecule has 0 unspecified atom stereocenters. The highest BCUT2D eigenvalue weighted by Crippen LogP contribution is 2.28. The smallest absolute Gasteiger partial charge is 0.163 e. The molecule has 0 atom stereocenters. The average molecular weight is 181 g/mol.